The van der Waals surface area contributed by atoms with Crippen molar-refractivity contribution in [1.29, 1.82) is 0 Å². The van der Waals surface area contributed by atoms with Crippen LogP contribution in [-0.2, 0) is 6.42 Å². The Morgan fingerprint density at radius 2 is 1.81 bits per heavy atom. The number of rotatable bonds is 4. The number of benzene rings is 2. The van der Waals surface area contributed by atoms with Gasteiger partial charge in [0.2, 0.25) is 17.2 Å². The Bertz CT molecular complexity index is 1150. The van der Waals surface area contributed by atoms with Crippen LogP contribution in [0.2, 0.25) is 0 Å². The van der Waals surface area contributed by atoms with Crippen molar-refractivity contribution in [2.75, 3.05) is 11.9 Å². The molecule has 2 aliphatic rings. The van der Waals surface area contributed by atoms with E-state index in [2.05, 4.69) is 10.3 Å². The van der Waals surface area contributed by atoms with Gasteiger partial charge in [0.1, 0.15) is 0 Å². The van der Waals surface area contributed by atoms with E-state index in [0.717, 1.165) is 21.3 Å². The lowest BCUT2D eigenvalue weighted by atomic mass is 10.0. The summed E-state index contributed by atoms with van der Waals surface area (Å²) in [6.07, 6.45) is 2.13. The van der Waals surface area contributed by atoms with Crippen molar-refractivity contribution in [3.63, 3.8) is 0 Å². The SMILES string of the molecule is [O-][N+]([O-])=c1cccc2[nH]c3ccccc3c(NCCc3cccc[n+]3O)c1-2. The maximum atomic E-state index is 11.6. The molecule has 0 saturated heterocycles. The lowest BCUT2D eigenvalue weighted by Crippen LogP contribution is -2.35. The molecule has 2 aromatic rings. The minimum absolute atomic E-state index is 0.0499. The van der Waals surface area contributed by atoms with Crippen LogP contribution >= 0.6 is 0 Å². The number of para-hydroxylation sites is 1. The van der Waals surface area contributed by atoms with Gasteiger partial charge in [-0.1, -0.05) is 24.3 Å². The number of aromatic nitrogens is 2. The molecule has 2 heterocycles. The second-order valence-corrected chi connectivity index (χ2v) is 6.22. The van der Waals surface area contributed by atoms with Crippen LogP contribution in [0.25, 0.3) is 22.2 Å². The average molecular weight is 362 g/mol. The fraction of sp³-hybridized carbons (Fsp3) is 0.100. The molecule has 0 bridgehead atoms. The summed E-state index contributed by atoms with van der Waals surface area (Å²) in [7, 11) is 0. The van der Waals surface area contributed by atoms with Gasteiger partial charge in [-0.25, -0.2) is 0 Å². The van der Waals surface area contributed by atoms with Crippen LogP contribution < -0.4 is 20.3 Å². The van der Waals surface area contributed by atoms with Crippen molar-refractivity contribution in [2.24, 2.45) is 0 Å². The second kappa shape index (κ2) is 6.87. The summed E-state index contributed by atoms with van der Waals surface area (Å²) in [6.45, 7) is 0.514. The molecule has 0 atom stereocenters. The Hall–Kier alpha value is -3.74. The maximum Gasteiger partial charge on any atom is 0.235 e. The van der Waals surface area contributed by atoms with Crippen molar-refractivity contribution >= 4 is 16.6 Å². The molecule has 1 aliphatic carbocycles. The highest BCUT2D eigenvalue weighted by molar-refractivity contribution is 6.00. The highest BCUT2D eigenvalue weighted by Gasteiger charge is 2.18. The van der Waals surface area contributed by atoms with E-state index in [-0.39, 0.29) is 10.3 Å². The Morgan fingerprint density at radius 1 is 1.00 bits per heavy atom. The molecule has 0 saturated carbocycles. The number of aromatic amines is 1. The standard InChI is InChI=1S/C20H18N4O3/c25-23-13-4-3-6-14(23)11-12-21-20-15-7-1-2-8-16(15)22-17-9-5-10-18(19(17)20)24(26)27/h1-10,13,21-22H,11-12H2,(H-,25,26,27). The van der Waals surface area contributed by atoms with Crippen molar-refractivity contribution in [3.05, 3.63) is 88.3 Å². The van der Waals surface area contributed by atoms with E-state index in [4.69, 9.17) is 0 Å². The number of hydrogen-bond acceptors (Lipinski definition) is 4. The van der Waals surface area contributed by atoms with Crippen molar-refractivity contribution in [2.45, 2.75) is 6.42 Å². The van der Waals surface area contributed by atoms with Gasteiger partial charge in [0, 0.05) is 40.4 Å². The smallest absolute Gasteiger partial charge is 0.235 e. The van der Waals surface area contributed by atoms with E-state index in [1.165, 1.54) is 6.07 Å². The van der Waals surface area contributed by atoms with E-state index in [0.29, 0.717) is 29.9 Å². The molecular weight excluding hydrogens is 344 g/mol. The molecule has 136 valence electrons. The monoisotopic (exact) mass is 362 g/mol. The Labute approximate surface area is 154 Å². The molecule has 7 nitrogen and oxygen atoms in total. The molecule has 1 aromatic carbocycles. The van der Waals surface area contributed by atoms with Crippen LogP contribution in [0.5, 0.6) is 0 Å². The number of hydrogen-bond donors (Lipinski definition) is 3. The lowest BCUT2D eigenvalue weighted by Gasteiger charge is -2.17. The quantitative estimate of drug-likeness (QED) is 0.224. The molecule has 1 aliphatic heterocycles. The number of nitrogens with one attached hydrogen (secondary N) is 2. The van der Waals surface area contributed by atoms with Crippen LogP contribution in [0.3, 0.4) is 0 Å². The number of anilines is 1. The van der Waals surface area contributed by atoms with E-state index >= 15 is 0 Å². The van der Waals surface area contributed by atoms with Gasteiger partial charge in [-0.15, -0.1) is 0 Å². The van der Waals surface area contributed by atoms with Crippen LogP contribution in [-0.4, -0.2) is 16.7 Å². The first-order chi connectivity index (χ1) is 13.1. The van der Waals surface area contributed by atoms with E-state index in [1.807, 2.05) is 42.5 Å². The molecule has 0 radical (unpaired) electrons. The van der Waals surface area contributed by atoms with Gasteiger partial charge >= 0.3 is 0 Å². The predicted octanol–water partition coefficient (Wildman–Crippen LogP) is 2.22. The van der Waals surface area contributed by atoms with Crippen LogP contribution in [0.1, 0.15) is 5.69 Å². The summed E-state index contributed by atoms with van der Waals surface area (Å²) >= 11 is 0. The molecule has 4 rings (SSSR count). The number of fused-ring (bicyclic) bond motifs is 2. The average Bonchev–Trinajstić information content (AvgIpc) is 2.68. The van der Waals surface area contributed by atoms with E-state index in [9.17, 15) is 15.6 Å². The normalized spacial score (nSPS) is 11.0. The molecule has 7 heteroatoms. The second-order valence-electron chi connectivity index (χ2n) is 6.22. The molecule has 0 amide bonds. The highest BCUT2D eigenvalue weighted by atomic mass is 16.8. The third-order valence-corrected chi connectivity index (χ3v) is 4.56. The Kier molecular flexibility index (Phi) is 4.25. The van der Waals surface area contributed by atoms with Crippen molar-refractivity contribution in [1.82, 2.24) is 9.89 Å². The van der Waals surface area contributed by atoms with E-state index < -0.39 is 0 Å². The third kappa shape index (κ3) is 3.10. The molecule has 0 fully saturated rings. The number of H-pyrrole nitrogens is 1. The largest absolute Gasteiger partial charge is 0.612 e. The molecular formula is C20H18N4O3. The van der Waals surface area contributed by atoms with Gasteiger partial charge < -0.3 is 20.7 Å². The minimum atomic E-state index is -0.366. The highest BCUT2D eigenvalue weighted by Crippen LogP contribution is 2.32. The zero-order valence-electron chi connectivity index (χ0n) is 14.4. The fourth-order valence-corrected chi connectivity index (χ4v) is 3.32. The van der Waals surface area contributed by atoms with Gasteiger partial charge in [-0.3, -0.25) is 5.21 Å². The van der Waals surface area contributed by atoms with E-state index in [1.54, 1.807) is 18.3 Å². The summed E-state index contributed by atoms with van der Waals surface area (Å²) in [6, 6.07) is 18.1. The molecule has 27 heavy (non-hydrogen) atoms. The first kappa shape index (κ1) is 16.7. The Balaban J connectivity index is 1.82. The van der Waals surface area contributed by atoms with Crippen molar-refractivity contribution in [3.8, 4) is 11.3 Å². The Morgan fingerprint density at radius 3 is 2.63 bits per heavy atom. The summed E-state index contributed by atoms with van der Waals surface area (Å²) in [4.78, 5) is 2.91. The third-order valence-electron chi connectivity index (χ3n) is 4.56. The molecule has 3 N–H and O–H groups in total. The van der Waals surface area contributed by atoms with Gasteiger partial charge in [0.25, 0.3) is 0 Å². The number of nitrogens with zero attached hydrogens (tertiary/aromatic N) is 2. The van der Waals surface area contributed by atoms with Gasteiger partial charge in [0.15, 0.2) is 0 Å². The molecule has 1 aromatic heterocycles. The zero-order chi connectivity index (χ0) is 18.8. The maximum absolute atomic E-state index is 11.6. The fourth-order valence-electron chi connectivity index (χ4n) is 3.32. The topological polar surface area (TPSA) is 101 Å². The lowest BCUT2D eigenvalue weighted by molar-refractivity contribution is -0.909. The van der Waals surface area contributed by atoms with Crippen molar-refractivity contribution < 1.29 is 9.94 Å². The summed E-state index contributed by atoms with van der Waals surface area (Å²) in [5.41, 5.74) is 3.60. The van der Waals surface area contributed by atoms with Gasteiger partial charge in [-0.05, 0) is 18.2 Å². The predicted molar refractivity (Wildman–Crippen MR) is 103 cm³/mol. The summed E-state index contributed by atoms with van der Waals surface area (Å²) < 4.78 is 1.08. The van der Waals surface area contributed by atoms with Gasteiger partial charge in [-0.2, -0.15) is 4.90 Å². The molecule has 0 spiro atoms. The van der Waals surface area contributed by atoms with Crippen LogP contribution in [0, 0.1) is 10.4 Å². The molecule has 0 unspecified atom stereocenters. The first-order valence-corrected chi connectivity index (χ1v) is 8.59. The summed E-state index contributed by atoms with van der Waals surface area (Å²) in [5, 5.41) is 37.3. The van der Waals surface area contributed by atoms with Gasteiger partial charge in [0.05, 0.1) is 23.4 Å². The van der Waals surface area contributed by atoms with Crippen LogP contribution in [0.15, 0.2) is 66.9 Å². The van der Waals surface area contributed by atoms with Crippen LogP contribution in [0.4, 0.5) is 5.69 Å². The summed E-state index contributed by atoms with van der Waals surface area (Å²) in [5.74, 6) is 0. The number of pyridine rings is 2. The zero-order valence-corrected chi connectivity index (χ0v) is 14.4. The minimum Gasteiger partial charge on any atom is -0.612 e. The first-order valence-electron chi connectivity index (χ1n) is 8.59.